The Labute approximate surface area is 208 Å². The Morgan fingerprint density at radius 3 is 2.03 bits per heavy atom. The number of ether oxygens (including phenoxy) is 2. The maximum absolute atomic E-state index is 13.8. The van der Waals surface area contributed by atoms with Crippen molar-refractivity contribution in [3.8, 4) is 0 Å². The summed E-state index contributed by atoms with van der Waals surface area (Å²) in [5.74, 6) is -0.966. The van der Waals surface area contributed by atoms with Gasteiger partial charge in [0.15, 0.2) is 5.54 Å². The second-order valence-electron chi connectivity index (χ2n) is 8.61. The molecule has 1 saturated heterocycles. The van der Waals surface area contributed by atoms with Crippen molar-refractivity contribution in [1.29, 1.82) is 0 Å². The van der Waals surface area contributed by atoms with E-state index in [0.29, 0.717) is 16.7 Å². The Kier molecular flexibility index (Phi) is 6.50. The highest BCUT2D eigenvalue weighted by molar-refractivity contribution is 5.90. The van der Waals surface area contributed by atoms with Gasteiger partial charge in [0.05, 0.1) is 0 Å². The molecule has 0 aromatic heterocycles. The molecule has 1 fully saturated rings. The van der Waals surface area contributed by atoms with Gasteiger partial charge in [0.25, 0.3) is 0 Å². The first kappa shape index (κ1) is 23.3. The highest BCUT2D eigenvalue weighted by Crippen LogP contribution is 2.47. The van der Waals surface area contributed by atoms with E-state index in [1.165, 1.54) is 17.0 Å². The zero-order valence-electron chi connectivity index (χ0n) is 19.4. The second-order valence-corrected chi connectivity index (χ2v) is 8.61. The molecule has 6 heteroatoms. The lowest BCUT2D eigenvalue weighted by Gasteiger charge is -2.36. The summed E-state index contributed by atoms with van der Waals surface area (Å²) in [5, 5.41) is 0. The van der Waals surface area contributed by atoms with Crippen LogP contribution in [0.15, 0.2) is 115 Å². The van der Waals surface area contributed by atoms with Crippen molar-refractivity contribution in [1.82, 2.24) is 4.90 Å². The molecular formula is C30H24FNO4. The van der Waals surface area contributed by atoms with Gasteiger partial charge in [-0.05, 0) is 28.8 Å². The molecule has 4 aromatic carbocycles. The number of rotatable bonds is 6. The minimum absolute atomic E-state index is 0.0350. The second kappa shape index (κ2) is 10.0. The summed E-state index contributed by atoms with van der Waals surface area (Å²) in [7, 11) is 0. The van der Waals surface area contributed by atoms with E-state index in [1.807, 2.05) is 54.6 Å². The number of nitrogens with zero attached hydrogens (tertiary/aromatic N) is 1. The van der Waals surface area contributed by atoms with Gasteiger partial charge in [-0.25, -0.2) is 18.9 Å². The fourth-order valence-electron chi connectivity index (χ4n) is 4.55. The van der Waals surface area contributed by atoms with E-state index in [-0.39, 0.29) is 18.8 Å². The molecule has 0 spiro atoms. The van der Waals surface area contributed by atoms with Gasteiger partial charge in [0.1, 0.15) is 12.4 Å². The molecule has 1 heterocycles. The normalized spacial score (nSPS) is 19.1. The van der Waals surface area contributed by atoms with Crippen molar-refractivity contribution in [3.05, 3.63) is 143 Å². The summed E-state index contributed by atoms with van der Waals surface area (Å²) in [4.78, 5) is 29.0. The predicted octanol–water partition coefficient (Wildman–Crippen LogP) is 6.16. The van der Waals surface area contributed by atoms with Gasteiger partial charge in [-0.15, -0.1) is 0 Å². The molecule has 5 rings (SSSR count). The third kappa shape index (κ3) is 4.45. The average Bonchev–Trinajstić information content (AvgIpc) is 3.23. The van der Waals surface area contributed by atoms with Crippen LogP contribution in [-0.2, 0) is 32.8 Å². The molecule has 0 radical (unpaired) electrons. The highest BCUT2D eigenvalue weighted by Gasteiger charge is 2.60. The summed E-state index contributed by atoms with van der Waals surface area (Å²) >= 11 is 0. The van der Waals surface area contributed by atoms with Crippen LogP contribution in [0.5, 0.6) is 0 Å². The number of benzene rings is 4. The number of esters is 1. The van der Waals surface area contributed by atoms with E-state index >= 15 is 0 Å². The topological polar surface area (TPSA) is 55.8 Å². The number of carbonyl (C=O) groups excluding carboxylic acids is 2. The fourth-order valence-corrected chi connectivity index (χ4v) is 4.55. The van der Waals surface area contributed by atoms with E-state index in [0.717, 1.165) is 5.56 Å². The van der Waals surface area contributed by atoms with Crippen LogP contribution >= 0.6 is 0 Å². The molecule has 2 atom stereocenters. The Hall–Kier alpha value is -4.45. The average molecular weight is 482 g/mol. The van der Waals surface area contributed by atoms with Crippen molar-refractivity contribution in [2.24, 2.45) is 0 Å². The molecule has 1 amide bonds. The van der Waals surface area contributed by atoms with E-state index in [4.69, 9.17) is 9.47 Å². The summed E-state index contributed by atoms with van der Waals surface area (Å²) < 4.78 is 25.3. The van der Waals surface area contributed by atoms with Crippen LogP contribution in [0.1, 0.15) is 28.5 Å². The SMILES string of the molecule is O=C(OCc1ccccc1)N1[C@H](c2ccccc2)OC(=O)[C@]1(Cc1ccc(F)cc1)c1ccccc1. The quantitative estimate of drug-likeness (QED) is 0.310. The molecule has 0 unspecified atom stereocenters. The molecule has 36 heavy (non-hydrogen) atoms. The number of hydrogen-bond acceptors (Lipinski definition) is 4. The highest BCUT2D eigenvalue weighted by atomic mass is 19.1. The van der Waals surface area contributed by atoms with Crippen molar-refractivity contribution in [3.63, 3.8) is 0 Å². The number of halogens is 1. The zero-order valence-corrected chi connectivity index (χ0v) is 19.4. The van der Waals surface area contributed by atoms with E-state index in [1.54, 1.807) is 48.5 Å². The minimum Gasteiger partial charge on any atom is -0.444 e. The van der Waals surface area contributed by atoms with E-state index in [2.05, 4.69) is 0 Å². The number of amides is 1. The largest absolute Gasteiger partial charge is 0.444 e. The number of hydrogen-bond donors (Lipinski definition) is 0. The Bertz CT molecular complexity index is 1330. The summed E-state index contributed by atoms with van der Waals surface area (Å²) in [6.45, 7) is 0.0350. The first-order chi connectivity index (χ1) is 17.6. The van der Waals surface area contributed by atoms with Gasteiger partial charge in [-0.3, -0.25) is 0 Å². The Balaban J connectivity index is 1.61. The lowest BCUT2D eigenvalue weighted by molar-refractivity contribution is -0.145. The molecule has 180 valence electrons. The van der Waals surface area contributed by atoms with Crippen LogP contribution in [0.25, 0.3) is 0 Å². The summed E-state index contributed by atoms with van der Waals surface area (Å²) in [6, 6.07) is 33.3. The zero-order chi connectivity index (χ0) is 25.0. The minimum atomic E-state index is -1.52. The van der Waals surface area contributed by atoms with Crippen LogP contribution in [0.4, 0.5) is 9.18 Å². The van der Waals surface area contributed by atoms with Gasteiger partial charge in [0.2, 0.25) is 6.23 Å². The smallest absolute Gasteiger partial charge is 0.414 e. The molecule has 1 aliphatic heterocycles. The lowest BCUT2D eigenvalue weighted by atomic mass is 9.82. The van der Waals surface area contributed by atoms with Crippen LogP contribution in [-0.4, -0.2) is 17.0 Å². The molecule has 0 N–H and O–H groups in total. The maximum atomic E-state index is 13.8. The van der Waals surface area contributed by atoms with Crippen molar-refractivity contribution >= 4 is 12.1 Å². The monoisotopic (exact) mass is 481 g/mol. The van der Waals surface area contributed by atoms with Gasteiger partial charge in [-0.2, -0.15) is 0 Å². The van der Waals surface area contributed by atoms with Crippen molar-refractivity contribution in [2.45, 2.75) is 24.8 Å². The third-order valence-electron chi connectivity index (χ3n) is 6.31. The summed E-state index contributed by atoms with van der Waals surface area (Å²) in [6.07, 6.45) is -1.60. The first-order valence-electron chi connectivity index (χ1n) is 11.6. The van der Waals surface area contributed by atoms with Crippen molar-refractivity contribution in [2.75, 3.05) is 0 Å². The Morgan fingerprint density at radius 2 is 1.39 bits per heavy atom. The fraction of sp³-hybridized carbons (Fsp3) is 0.133. The summed E-state index contributed by atoms with van der Waals surface area (Å²) in [5.41, 5.74) is 1.19. The van der Waals surface area contributed by atoms with Gasteiger partial charge < -0.3 is 9.47 Å². The van der Waals surface area contributed by atoms with Crippen LogP contribution < -0.4 is 0 Å². The molecule has 4 aromatic rings. The maximum Gasteiger partial charge on any atom is 0.414 e. The lowest BCUT2D eigenvalue weighted by Crippen LogP contribution is -2.51. The van der Waals surface area contributed by atoms with Crippen LogP contribution in [0.3, 0.4) is 0 Å². The van der Waals surface area contributed by atoms with Crippen LogP contribution in [0.2, 0.25) is 0 Å². The molecule has 0 bridgehead atoms. The van der Waals surface area contributed by atoms with Gasteiger partial charge >= 0.3 is 12.1 Å². The van der Waals surface area contributed by atoms with E-state index < -0.39 is 23.8 Å². The van der Waals surface area contributed by atoms with Crippen LogP contribution in [0, 0.1) is 5.82 Å². The standard InChI is InChI=1S/C30H24FNO4/c31-26-18-16-22(17-19-26)20-30(25-14-8-3-9-15-25)28(33)36-27(24-12-6-2-7-13-24)32(30)29(34)35-21-23-10-4-1-5-11-23/h1-19,27H,20-21H2/t27-,30-/m0/s1. The van der Waals surface area contributed by atoms with Gasteiger partial charge in [0, 0.05) is 12.0 Å². The van der Waals surface area contributed by atoms with Gasteiger partial charge in [-0.1, -0.05) is 103 Å². The molecule has 0 saturated carbocycles. The molecule has 0 aliphatic carbocycles. The van der Waals surface area contributed by atoms with E-state index in [9.17, 15) is 14.0 Å². The first-order valence-corrected chi connectivity index (χ1v) is 11.6. The molecule has 5 nitrogen and oxygen atoms in total. The Morgan fingerprint density at radius 1 is 0.806 bits per heavy atom. The third-order valence-corrected chi connectivity index (χ3v) is 6.31. The molecule has 1 aliphatic rings. The predicted molar refractivity (Wildman–Crippen MR) is 132 cm³/mol. The number of cyclic esters (lactones) is 1. The van der Waals surface area contributed by atoms with Crippen molar-refractivity contribution < 1.29 is 23.5 Å². The number of carbonyl (C=O) groups is 2. The molecular weight excluding hydrogens is 457 g/mol.